The van der Waals surface area contributed by atoms with Crippen LogP contribution in [-0.2, 0) is 10.8 Å². The molecule has 0 amide bonds. The lowest BCUT2D eigenvalue weighted by Crippen LogP contribution is -2.29. The lowest BCUT2D eigenvalue weighted by Gasteiger charge is -2.22. The molecule has 2 rings (SSSR count). The van der Waals surface area contributed by atoms with E-state index in [1.54, 1.807) is 18.3 Å². The molecule has 0 spiro atoms. The monoisotopic (exact) mass is 235 g/mol. The molecule has 0 bridgehead atoms. The first kappa shape index (κ1) is 11.1. The van der Waals surface area contributed by atoms with E-state index >= 15 is 0 Å². The van der Waals surface area contributed by atoms with E-state index in [1.165, 1.54) is 0 Å². The fourth-order valence-electron chi connectivity index (χ4n) is 1.73. The standard InChI is InChI=1S/C11H13N3OS/c12-8-9-1-4-13-11(7-9)14-10-2-5-16(15)6-3-10/h1,4,7,10H,2-3,5-6H2,(H,13,14). The smallest absolute Gasteiger partial charge is 0.127 e. The predicted molar refractivity (Wildman–Crippen MR) is 63.5 cm³/mol. The van der Waals surface area contributed by atoms with E-state index in [-0.39, 0.29) is 0 Å². The molecule has 0 saturated carbocycles. The lowest BCUT2D eigenvalue weighted by atomic mass is 10.1. The number of aromatic nitrogens is 1. The van der Waals surface area contributed by atoms with Gasteiger partial charge >= 0.3 is 0 Å². The quantitative estimate of drug-likeness (QED) is 0.838. The zero-order valence-corrected chi connectivity index (χ0v) is 9.67. The van der Waals surface area contributed by atoms with Crippen molar-refractivity contribution in [2.75, 3.05) is 16.8 Å². The summed E-state index contributed by atoms with van der Waals surface area (Å²) in [4.78, 5) is 4.16. The Balaban J connectivity index is 1.98. The molecule has 0 unspecified atom stereocenters. The number of nitriles is 1. The third kappa shape index (κ3) is 2.80. The van der Waals surface area contributed by atoms with Gasteiger partial charge in [-0.3, -0.25) is 4.21 Å². The van der Waals surface area contributed by atoms with Crippen molar-refractivity contribution in [2.24, 2.45) is 0 Å². The molecule has 1 aliphatic rings. The van der Waals surface area contributed by atoms with Gasteiger partial charge in [0.25, 0.3) is 0 Å². The van der Waals surface area contributed by atoms with Crippen LogP contribution in [0, 0.1) is 11.3 Å². The Morgan fingerprint density at radius 3 is 2.94 bits per heavy atom. The largest absolute Gasteiger partial charge is 0.367 e. The van der Waals surface area contributed by atoms with Crippen LogP contribution in [0.1, 0.15) is 18.4 Å². The summed E-state index contributed by atoms with van der Waals surface area (Å²) < 4.78 is 11.2. The van der Waals surface area contributed by atoms with Gasteiger partial charge in [-0.15, -0.1) is 0 Å². The fourth-order valence-corrected chi connectivity index (χ4v) is 3.03. The van der Waals surface area contributed by atoms with Crippen LogP contribution in [0.25, 0.3) is 0 Å². The topological polar surface area (TPSA) is 65.8 Å². The molecule has 1 aliphatic heterocycles. The van der Waals surface area contributed by atoms with E-state index in [0.29, 0.717) is 11.6 Å². The summed E-state index contributed by atoms with van der Waals surface area (Å²) in [5.41, 5.74) is 0.608. The summed E-state index contributed by atoms with van der Waals surface area (Å²) in [5, 5.41) is 12.0. The van der Waals surface area contributed by atoms with Crippen LogP contribution in [0.2, 0.25) is 0 Å². The van der Waals surface area contributed by atoms with Crippen molar-refractivity contribution in [3.05, 3.63) is 23.9 Å². The number of anilines is 1. The highest BCUT2D eigenvalue weighted by molar-refractivity contribution is 7.85. The number of nitrogens with one attached hydrogen (secondary N) is 1. The maximum absolute atomic E-state index is 11.2. The second kappa shape index (κ2) is 5.08. The molecule has 0 radical (unpaired) electrons. The first-order valence-electron chi connectivity index (χ1n) is 5.25. The van der Waals surface area contributed by atoms with E-state index < -0.39 is 10.8 Å². The molecule has 84 valence electrons. The molecular weight excluding hydrogens is 222 g/mol. The van der Waals surface area contributed by atoms with E-state index in [2.05, 4.69) is 16.4 Å². The minimum absolute atomic E-state index is 0.333. The van der Waals surface area contributed by atoms with Crippen molar-refractivity contribution >= 4 is 16.6 Å². The van der Waals surface area contributed by atoms with Crippen LogP contribution in [-0.4, -0.2) is 26.7 Å². The van der Waals surface area contributed by atoms with Crippen molar-refractivity contribution in [3.63, 3.8) is 0 Å². The van der Waals surface area contributed by atoms with Crippen LogP contribution in [0.15, 0.2) is 18.3 Å². The Morgan fingerprint density at radius 2 is 2.25 bits per heavy atom. The van der Waals surface area contributed by atoms with Crippen molar-refractivity contribution in [2.45, 2.75) is 18.9 Å². The molecule has 1 aromatic rings. The first-order valence-corrected chi connectivity index (χ1v) is 6.74. The number of hydrogen-bond donors (Lipinski definition) is 1. The summed E-state index contributed by atoms with van der Waals surface area (Å²) in [6, 6.07) is 5.84. The van der Waals surface area contributed by atoms with Crippen molar-refractivity contribution < 1.29 is 4.21 Å². The van der Waals surface area contributed by atoms with Crippen LogP contribution >= 0.6 is 0 Å². The number of rotatable bonds is 2. The van der Waals surface area contributed by atoms with Gasteiger partial charge in [-0.2, -0.15) is 5.26 Å². The highest BCUT2D eigenvalue weighted by Gasteiger charge is 2.17. The summed E-state index contributed by atoms with van der Waals surface area (Å²) >= 11 is 0. The molecular formula is C11H13N3OS. The Labute approximate surface area is 97.2 Å². The Morgan fingerprint density at radius 1 is 1.50 bits per heavy atom. The third-order valence-corrected chi connectivity index (χ3v) is 4.01. The van der Waals surface area contributed by atoms with Crippen molar-refractivity contribution in [1.29, 1.82) is 5.26 Å². The van der Waals surface area contributed by atoms with E-state index in [1.807, 2.05) is 0 Å². The second-order valence-electron chi connectivity index (χ2n) is 3.81. The number of pyridine rings is 1. The van der Waals surface area contributed by atoms with Crippen LogP contribution in [0.3, 0.4) is 0 Å². The normalized spacial score (nSPS) is 24.7. The van der Waals surface area contributed by atoms with Crippen LogP contribution in [0.5, 0.6) is 0 Å². The minimum atomic E-state index is -0.638. The minimum Gasteiger partial charge on any atom is -0.367 e. The molecule has 0 aromatic carbocycles. The van der Waals surface area contributed by atoms with Crippen LogP contribution < -0.4 is 5.32 Å². The molecule has 5 heteroatoms. The maximum atomic E-state index is 11.2. The average molecular weight is 235 g/mol. The Bertz CT molecular complexity index is 431. The van der Waals surface area contributed by atoms with Gasteiger partial charge in [0.1, 0.15) is 5.82 Å². The van der Waals surface area contributed by atoms with Gasteiger partial charge in [-0.1, -0.05) is 0 Å². The molecule has 0 atom stereocenters. The second-order valence-corrected chi connectivity index (χ2v) is 5.50. The molecule has 0 aliphatic carbocycles. The average Bonchev–Trinajstić information content (AvgIpc) is 2.32. The fraction of sp³-hybridized carbons (Fsp3) is 0.455. The molecule has 1 saturated heterocycles. The highest BCUT2D eigenvalue weighted by atomic mass is 32.2. The number of nitrogens with zero attached hydrogens (tertiary/aromatic N) is 2. The van der Waals surface area contributed by atoms with Gasteiger partial charge in [0.15, 0.2) is 0 Å². The molecule has 1 fully saturated rings. The van der Waals surface area contributed by atoms with Crippen molar-refractivity contribution in [3.8, 4) is 6.07 Å². The van der Waals surface area contributed by atoms with Crippen LogP contribution in [0.4, 0.5) is 5.82 Å². The SMILES string of the molecule is N#Cc1ccnc(NC2CCS(=O)CC2)c1. The van der Waals surface area contributed by atoms with Gasteiger partial charge in [0.05, 0.1) is 11.6 Å². The van der Waals surface area contributed by atoms with Gasteiger partial charge in [-0.05, 0) is 25.0 Å². The number of hydrogen-bond acceptors (Lipinski definition) is 4. The maximum Gasteiger partial charge on any atom is 0.127 e. The van der Waals surface area contributed by atoms with E-state index in [4.69, 9.17) is 5.26 Å². The van der Waals surface area contributed by atoms with Crippen molar-refractivity contribution in [1.82, 2.24) is 4.98 Å². The molecule has 16 heavy (non-hydrogen) atoms. The molecule has 4 nitrogen and oxygen atoms in total. The zero-order valence-electron chi connectivity index (χ0n) is 8.85. The molecule has 1 aromatic heterocycles. The lowest BCUT2D eigenvalue weighted by molar-refractivity contribution is 0.622. The van der Waals surface area contributed by atoms with Gasteiger partial charge < -0.3 is 5.32 Å². The first-order chi connectivity index (χ1) is 7.78. The Hall–Kier alpha value is -1.41. The summed E-state index contributed by atoms with van der Waals surface area (Å²) in [5.74, 6) is 2.25. The third-order valence-electron chi connectivity index (χ3n) is 2.63. The Kier molecular flexibility index (Phi) is 3.52. The summed E-state index contributed by atoms with van der Waals surface area (Å²) in [6.45, 7) is 0. The van der Waals surface area contributed by atoms with E-state index in [9.17, 15) is 4.21 Å². The molecule has 2 heterocycles. The zero-order chi connectivity index (χ0) is 11.4. The summed E-state index contributed by atoms with van der Waals surface area (Å²) in [6.07, 6.45) is 3.44. The molecule has 1 N–H and O–H groups in total. The van der Waals surface area contributed by atoms with Gasteiger partial charge in [-0.25, -0.2) is 4.98 Å². The van der Waals surface area contributed by atoms with Gasteiger partial charge in [0, 0.05) is 34.5 Å². The van der Waals surface area contributed by atoms with E-state index in [0.717, 1.165) is 30.2 Å². The summed E-state index contributed by atoms with van der Waals surface area (Å²) in [7, 11) is -0.638. The van der Waals surface area contributed by atoms with Gasteiger partial charge in [0.2, 0.25) is 0 Å². The predicted octanol–water partition coefficient (Wildman–Crippen LogP) is 1.28. The highest BCUT2D eigenvalue weighted by Crippen LogP contribution is 2.15.